The van der Waals surface area contributed by atoms with Crippen LogP contribution in [0.1, 0.15) is 94.3 Å². The largest absolute Gasteiger partial charge is 0.459 e. The van der Waals surface area contributed by atoms with Crippen molar-refractivity contribution in [1.29, 1.82) is 0 Å². The Morgan fingerprint density at radius 2 is 0.600 bits per heavy atom. The highest BCUT2D eigenvalue weighted by Crippen LogP contribution is 2.68. The summed E-state index contributed by atoms with van der Waals surface area (Å²) in [5, 5.41) is 0.541. The Balaban J connectivity index is 1.02. The van der Waals surface area contributed by atoms with E-state index in [1.54, 1.807) is 121 Å². The number of ketones is 4. The van der Waals surface area contributed by atoms with Crippen molar-refractivity contribution >= 4 is 115 Å². The maximum Gasteiger partial charge on any atom is 0.333 e. The summed E-state index contributed by atoms with van der Waals surface area (Å²) in [6.07, 6.45) is 2.44. The molecule has 14 rings (SSSR count). The van der Waals surface area contributed by atoms with Gasteiger partial charge in [-0.15, -0.1) is 22.7 Å². The van der Waals surface area contributed by atoms with Crippen molar-refractivity contribution in [1.82, 2.24) is 0 Å². The molecule has 12 nitrogen and oxygen atoms in total. The summed E-state index contributed by atoms with van der Waals surface area (Å²) in [7, 11) is 0. The first-order valence-corrected chi connectivity index (χ1v) is 29.5. The van der Waals surface area contributed by atoms with E-state index in [4.69, 9.17) is 18.9 Å². The lowest BCUT2D eigenvalue weighted by atomic mass is 9.76. The quantitative estimate of drug-likeness (QED) is 0.0252. The van der Waals surface area contributed by atoms with Crippen LogP contribution in [0.4, 0.5) is 17.6 Å². The van der Waals surface area contributed by atoms with Crippen LogP contribution in [0.25, 0.3) is 44.8 Å². The molecule has 0 saturated carbocycles. The molecule has 4 aliphatic carbocycles. The van der Waals surface area contributed by atoms with Gasteiger partial charge in [-0.2, -0.15) is 0 Å². The molecule has 2 heterocycles. The first-order valence-electron chi connectivity index (χ1n) is 27.9. The van der Waals surface area contributed by atoms with Gasteiger partial charge >= 0.3 is 23.9 Å². The SMILES string of the molecule is O=C1C(=Cc2cc3c(s2)C2=C(c4sc(C=C5C(=O)c6cc7cc(F)c(F)cc7cc6C5=O)cc4C2(C(=O)OCc2ccccc2)C(=O)OCc2ccccc2)C3(C(=O)OCc2ccccc2)C(=O)OCc2ccccc2)C(=O)c2cc3cc(F)c(F)cc3cc21. The molecule has 0 saturated heterocycles. The summed E-state index contributed by atoms with van der Waals surface area (Å²) in [6, 6.07) is 45.3. The van der Waals surface area contributed by atoms with Crippen molar-refractivity contribution in [3.63, 3.8) is 0 Å². The number of hydrogen-bond acceptors (Lipinski definition) is 14. The van der Waals surface area contributed by atoms with E-state index in [0.717, 1.165) is 46.9 Å². The molecule has 0 spiro atoms. The minimum absolute atomic E-state index is 0.0367. The van der Waals surface area contributed by atoms with Crippen LogP contribution in [0.2, 0.25) is 0 Å². The molecule has 0 unspecified atom stereocenters. The number of ether oxygens (including phenoxy) is 4. The topological polar surface area (TPSA) is 173 Å². The monoisotopic (exact) mass is 1240 g/mol. The van der Waals surface area contributed by atoms with Crippen LogP contribution in [0.5, 0.6) is 0 Å². The lowest BCUT2D eigenvalue weighted by Crippen LogP contribution is -2.45. The third-order valence-corrected chi connectivity index (χ3v) is 18.6. The van der Waals surface area contributed by atoms with Gasteiger partial charge in [0.15, 0.2) is 46.4 Å². The van der Waals surface area contributed by atoms with Gasteiger partial charge in [0.1, 0.15) is 26.4 Å². The molecule has 18 heteroatoms. The molecule has 2 aromatic heterocycles. The van der Waals surface area contributed by atoms with Crippen molar-refractivity contribution in [2.75, 3.05) is 0 Å². The highest BCUT2D eigenvalue weighted by atomic mass is 32.1. The number of fused-ring (bicyclic) bond motifs is 8. The molecule has 0 bridgehead atoms. The van der Waals surface area contributed by atoms with E-state index in [9.17, 15) is 36.7 Å². The van der Waals surface area contributed by atoms with Crippen molar-refractivity contribution < 1.29 is 74.9 Å². The Morgan fingerprint density at radius 1 is 0.356 bits per heavy atom. The fourth-order valence-electron chi connectivity index (χ4n) is 12.1. The fraction of sp³-hybridized carbons (Fsp3) is 0.0833. The van der Waals surface area contributed by atoms with E-state index in [2.05, 4.69) is 0 Å². The average molecular weight is 1240 g/mol. The Bertz CT molecular complexity index is 4390. The molecular formula is C72H40F4O12S2. The van der Waals surface area contributed by atoms with Crippen LogP contribution in [0, 0.1) is 23.3 Å². The van der Waals surface area contributed by atoms with E-state index in [0.29, 0.717) is 22.3 Å². The smallest absolute Gasteiger partial charge is 0.333 e. The number of Topliss-reactive ketones (excluding diaryl/α,β-unsaturated/α-hetero) is 4. The van der Waals surface area contributed by atoms with Gasteiger partial charge in [-0.3, -0.25) is 38.4 Å². The van der Waals surface area contributed by atoms with Crippen LogP contribution in [-0.4, -0.2) is 47.0 Å². The number of carbonyl (C=O) groups is 8. The highest BCUT2D eigenvalue weighted by Gasteiger charge is 2.72. The number of allylic oxidation sites excluding steroid dienone is 2. The molecule has 10 aromatic rings. The lowest BCUT2D eigenvalue weighted by molar-refractivity contribution is -0.165. The summed E-state index contributed by atoms with van der Waals surface area (Å²) in [6.45, 7) is -1.75. The zero-order chi connectivity index (χ0) is 62.3. The molecule has 440 valence electrons. The maximum absolute atomic E-state index is 16.2. The molecule has 0 aliphatic heterocycles. The summed E-state index contributed by atoms with van der Waals surface area (Å²) in [4.78, 5) is 122. The summed E-state index contributed by atoms with van der Waals surface area (Å²) in [5.41, 5.74) is -6.00. The van der Waals surface area contributed by atoms with Gasteiger partial charge in [0.2, 0.25) is 10.8 Å². The van der Waals surface area contributed by atoms with Gasteiger partial charge in [-0.05, 0) is 117 Å². The maximum atomic E-state index is 16.2. The Labute approximate surface area is 515 Å². The Morgan fingerprint density at radius 3 is 0.844 bits per heavy atom. The van der Waals surface area contributed by atoms with Crippen LogP contribution < -0.4 is 0 Å². The second-order valence-electron chi connectivity index (χ2n) is 21.7. The number of rotatable bonds is 14. The molecule has 4 aliphatic rings. The van der Waals surface area contributed by atoms with E-state index in [1.807, 2.05) is 0 Å². The van der Waals surface area contributed by atoms with Crippen molar-refractivity contribution in [3.05, 3.63) is 292 Å². The van der Waals surface area contributed by atoms with Gasteiger partial charge in [-0.25, -0.2) is 17.6 Å². The van der Waals surface area contributed by atoms with Gasteiger partial charge in [0.25, 0.3) is 0 Å². The normalized spacial score (nSPS) is 14.8. The Kier molecular flexibility index (Phi) is 14.0. The number of thiophene rings is 2. The van der Waals surface area contributed by atoms with E-state index < -0.39 is 119 Å². The van der Waals surface area contributed by atoms with Crippen LogP contribution in [0.3, 0.4) is 0 Å². The lowest BCUT2D eigenvalue weighted by Gasteiger charge is -2.29. The molecule has 0 amide bonds. The van der Waals surface area contributed by atoms with Gasteiger partial charge < -0.3 is 18.9 Å². The molecule has 0 fully saturated rings. The molecule has 0 atom stereocenters. The number of benzene rings is 8. The van der Waals surface area contributed by atoms with Crippen molar-refractivity contribution in [2.24, 2.45) is 0 Å². The number of hydrogen-bond donors (Lipinski definition) is 0. The van der Waals surface area contributed by atoms with Crippen LogP contribution >= 0.6 is 22.7 Å². The van der Waals surface area contributed by atoms with Crippen LogP contribution in [-0.2, 0) is 75.4 Å². The zero-order valence-electron chi connectivity index (χ0n) is 46.5. The first-order chi connectivity index (χ1) is 43.5. The predicted molar refractivity (Wildman–Crippen MR) is 325 cm³/mol. The standard InChI is InChI=1S/C72H40F4O12S2/c73-55-25-41-21-47-48(22-42(41)26-56(55)74)62(78)51(61(47)77)29-45-31-53-65(89-45)60-59(71(53,67(81)85-33-37-13-5-1-6-14-37)68(82)86-34-38-15-7-2-8-16-38)66-54(72(60,69(83)87-35-39-17-9-3-10-18-39)70(84)88-36-40-19-11-4-12-20-40)32-46(90-66)30-52-63(79)49-23-43-27-57(75)58(76)28-44(43)24-50(49)64(52)80/h1-32H,33-36H2. The minimum Gasteiger partial charge on any atom is -0.459 e. The minimum atomic E-state index is -2.83. The molecule has 8 aromatic carbocycles. The average Bonchev–Trinajstić information content (AvgIpc) is 1.49. The number of esters is 4. The fourth-order valence-corrected chi connectivity index (χ4v) is 14.7. The van der Waals surface area contributed by atoms with Gasteiger partial charge in [-0.1, -0.05) is 121 Å². The molecule has 0 N–H and O–H groups in total. The summed E-state index contributed by atoms with van der Waals surface area (Å²) < 4.78 is 83.2. The summed E-state index contributed by atoms with van der Waals surface area (Å²) >= 11 is 1.59. The first kappa shape index (κ1) is 57.0. The van der Waals surface area contributed by atoms with E-state index in [-0.39, 0.29) is 85.6 Å². The van der Waals surface area contributed by atoms with E-state index >= 15 is 19.2 Å². The van der Waals surface area contributed by atoms with Crippen molar-refractivity contribution in [3.8, 4) is 0 Å². The van der Waals surface area contributed by atoms with Gasteiger partial charge in [0.05, 0.1) is 11.1 Å². The molecule has 0 radical (unpaired) electrons. The van der Waals surface area contributed by atoms with Gasteiger partial charge in [0, 0.05) is 64.0 Å². The molecular weight excluding hydrogens is 1200 g/mol. The Hall–Kier alpha value is -10.8. The summed E-state index contributed by atoms with van der Waals surface area (Å²) in [5.74, 6) is -12.9. The molecule has 90 heavy (non-hydrogen) atoms. The van der Waals surface area contributed by atoms with Crippen molar-refractivity contribution in [2.45, 2.75) is 37.3 Å². The zero-order valence-corrected chi connectivity index (χ0v) is 48.2. The highest BCUT2D eigenvalue weighted by molar-refractivity contribution is 7.16. The predicted octanol–water partition coefficient (Wildman–Crippen LogP) is 14.0. The van der Waals surface area contributed by atoms with Crippen LogP contribution in [0.15, 0.2) is 193 Å². The third kappa shape index (κ3) is 9.16. The second kappa shape index (κ2) is 22.1. The third-order valence-electron chi connectivity index (χ3n) is 16.4. The number of halogens is 4. The second-order valence-corrected chi connectivity index (χ2v) is 23.9. The van der Waals surface area contributed by atoms with E-state index in [1.165, 1.54) is 48.6 Å². The number of carbonyl (C=O) groups excluding carboxylic acids is 8.